The van der Waals surface area contributed by atoms with Crippen LogP contribution in [0.4, 0.5) is 15.8 Å². The van der Waals surface area contributed by atoms with Crippen molar-refractivity contribution in [1.29, 1.82) is 0 Å². The van der Waals surface area contributed by atoms with Crippen molar-refractivity contribution in [2.45, 2.75) is 0 Å². The Labute approximate surface area is 115 Å². The summed E-state index contributed by atoms with van der Waals surface area (Å²) < 4.78 is 19.0. The number of hydrogen-bond donors (Lipinski definition) is 0. The summed E-state index contributed by atoms with van der Waals surface area (Å²) in [4.78, 5) is 14.3. The standard InChI is InChI=1S/C13H16FN3O3/c1-15-5-13(6-15)7-16(8-13)10-4-12(20-2)11(17(18)19)3-9(10)14/h3-4H,5-8H2,1-2H3. The molecule has 1 spiro atoms. The lowest BCUT2D eigenvalue weighted by atomic mass is 9.73. The molecule has 0 amide bonds. The number of methoxy groups -OCH3 is 1. The Kier molecular flexibility index (Phi) is 2.82. The maximum atomic E-state index is 14.0. The van der Waals surface area contributed by atoms with E-state index in [9.17, 15) is 14.5 Å². The second-order valence-corrected chi connectivity index (χ2v) is 5.76. The second kappa shape index (κ2) is 4.31. The van der Waals surface area contributed by atoms with Crippen molar-refractivity contribution in [3.63, 3.8) is 0 Å². The normalized spacial score (nSPS) is 20.4. The van der Waals surface area contributed by atoms with E-state index in [-0.39, 0.29) is 16.9 Å². The third kappa shape index (κ3) is 1.89. The summed E-state index contributed by atoms with van der Waals surface area (Å²) in [6.45, 7) is 3.62. The quantitative estimate of drug-likeness (QED) is 0.620. The van der Waals surface area contributed by atoms with Crippen LogP contribution in [0.3, 0.4) is 0 Å². The summed E-state index contributed by atoms with van der Waals surface area (Å²) in [5, 5.41) is 10.8. The molecule has 0 bridgehead atoms. The van der Waals surface area contributed by atoms with Crippen LogP contribution >= 0.6 is 0 Å². The van der Waals surface area contributed by atoms with Crippen LogP contribution in [0.15, 0.2) is 12.1 Å². The minimum Gasteiger partial charge on any atom is -0.490 e. The van der Waals surface area contributed by atoms with E-state index >= 15 is 0 Å². The van der Waals surface area contributed by atoms with E-state index in [0.29, 0.717) is 5.69 Å². The van der Waals surface area contributed by atoms with Gasteiger partial charge in [0.1, 0.15) is 0 Å². The Balaban J connectivity index is 1.83. The number of likely N-dealkylation sites (tertiary alicyclic amines) is 1. The molecular formula is C13H16FN3O3. The van der Waals surface area contributed by atoms with Crippen molar-refractivity contribution in [2.75, 3.05) is 45.2 Å². The van der Waals surface area contributed by atoms with Crippen molar-refractivity contribution in [1.82, 2.24) is 4.90 Å². The molecule has 0 N–H and O–H groups in total. The van der Waals surface area contributed by atoms with Crippen molar-refractivity contribution in [3.05, 3.63) is 28.1 Å². The van der Waals surface area contributed by atoms with Gasteiger partial charge in [0.05, 0.1) is 23.8 Å². The molecule has 0 aromatic heterocycles. The van der Waals surface area contributed by atoms with Crippen LogP contribution in [0.1, 0.15) is 0 Å². The van der Waals surface area contributed by atoms with E-state index in [1.165, 1.54) is 13.2 Å². The van der Waals surface area contributed by atoms with Gasteiger partial charge in [0, 0.05) is 37.7 Å². The number of nitro groups is 1. The lowest BCUT2D eigenvalue weighted by Gasteiger charge is -2.60. The fourth-order valence-electron chi connectivity index (χ4n) is 3.31. The zero-order valence-electron chi connectivity index (χ0n) is 11.4. The van der Waals surface area contributed by atoms with E-state index in [4.69, 9.17) is 4.74 Å². The van der Waals surface area contributed by atoms with Crippen LogP contribution in [-0.2, 0) is 0 Å². The van der Waals surface area contributed by atoms with Crippen LogP contribution in [-0.4, -0.2) is 50.2 Å². The molecule has 2 aliphatic rings. The summed E-state index contributed by atoms with van der Waals surface area (Å²) in [5.74, 6) is -0.474. The van der Waals surface area contributed by atoms with Crippen molar-refractivity contribution >= 4 is 11.4 Å². The first-order valence-corrected chi connectivity index (χ1v) is 6.39. The highest BCUT2D eigenvalue weighted by atomic mass is 19.1. The fraction of sp³-hybridized carbons (Fsp3) is 0.538. The minimum atomic E-state index is -0.635. The van der Waals surface area contributed by atoms with Crippen LogP contribution < -0.4 is 9.64 Å². The Hall–Kier alpha value is -1.89. The summed E-state index contributed by atoms with van der Waals surface area (Å²) in [5.41, 5.74) is 0.316. The number of nitro benzene ring substituents is 1. The highest BCUT2D eigenvalue weighted by molar-refractivity contribution is 5.62. The first kappa shape index (κ1) is 13.1. The maximum absolute atomic E-state index is 14.0. The molecule has 7 heteroatoms. The van der Waals surface area contributed by atoms with Crippen LogP contribution in [0.5, 0.6) is 5.75 Å². The van der Waals surface area contributed by atoms with Gasteiger partial charge >= 0.3 is 5.69 Å². The minimum absolute atomic E-state index is 0.0954. The summed E-state index contributed by atoms with van der Waals surface area (Å²) in [6.07, 6.45) is 0. The molecule has 0 radical (unpaired) electrons. The lowest BCUT2D eigenvalue weighted by molar-refractivity contribution is -0.385. The summed E-state index contributed by atoms with van der Waals surface area (Å²) in [6, 6.07) is 2.36. The van der Waals surface area contributed by atoms with E-state index in [1.807, 2.05) is 4.90 Å². The molecule has 1 aromatic rings. The van der Waals surface area contributed by atoms with Gasteiger partial charge in [-0.05, 0) is 7.05 Å². The third-order valence-electron chi connectivity index (χ3n) is 4.05. The molecule has 108 valence electrons. The molecule has 0 unspecified atom stereocenters. The average molecular weight is 281 g/mol. The van der Waals surface area contributed by atoms with Crippen molar-refractivity contribution in [2.24, 2.45) is 5.41 Å². The van der Waals surface area contributed by atoms with E-state index in [2.05, 4.69) is 11.9 Å². The number of rotatable bonds is 3. The number of ether oxygens (including phenoxy) is 1. The van der Waals surface area contributed by atoms with Crippen LogP contribution in [0.25, 0.3) is 0 Å². The van der Waals surface area contributed by atoms with E-state index in [0.717, 1.165) is 32.2 Å². The molecule has 2 fully saturated rings. The Morgan fingerprint density at radius 3 is 2.50 bits per heavy atom. The molecule has 0 saturated carbocycles. The Bertz CT molecular complexity index is 564. The molecular weight excluding hydrogens is 265 g/mol. The molecule has 2 saturated heterocycles. The second-order valence-electron chi connectivity index (χ2n) is 5.76. The van der Waals surface area contributed by atoms with Crippen LogP contribution in [0.2, 0.25) is 0 Å². The SMILES string of the molecule is COc1cc(N2CC3(CN(C)C3)C2)c(F)cc1[N+](=O)[O-]. The molecule has 0 atom stereocenters. The Morgan fingerprint density at radius 2 is 2.00 bits per heavy atom. The molecule has 2 aliphatic heterocycles. The smallest absolute Gasteiger partial charge is 0.313 e. The summed E-state index contributed by atoms with van der Waals surface area (Å²) >= 11 is 0. The van der Waals surface area contributed by atoms with Gasteiger partial charge in [0.25, 0.3) is 0 Å². The van der Waals surface area contributed by atoms with Gasteiger partial charge in [-0.15, -0.1) is 0 Å². The van der Waals surface area contributed by atoms with Gasteiger partial charge in [-0.3, -0.25) is 10.1 Å². The van der Waals surface area contributed by atoms with Gasteiger partial charge in [0.2, 0.25) is 0 Å². The molecule has 1 aromatic carbocycles. The van der Waals surface area contributed by atoms with E-state index in [1.54, 1.807) is 0 Å². The number of halogens is 1. The predicted octanol–water partition coefficient (Wildman–Crippen LogP) is 1.49. The first-order valence-electron chi connectivity index (χ1n) is 6.39. The highest BCUT2D eigenvalue weighted by Gasteiger charge is 2.51. The van der Waals surface area contributed by atoms with Gasteiger partial charge in [-0.25, -0.2) is 4.39 Å². The number of hydrogen-bond acceptors (Lipinski definition) is 5. The lowest BCUT2D eigenvalue weighted by Crippen LogP contribution is -2.71. The fourth-order valence-corrected chi connectivity index (χ4v) is 3.31. The van der Waals surface area contributed by atoms with Gasteiger partial charge < -0.3 is 14.5 Å². The molecule has 2 heterocycles. The van der Waals surface area contributed by atoms with Gasteiger partial charge in [-0.1, -0.05) is 0 Å². The van der Waals surface area contributed by atoms with Gasteiger partial charge in [0.15, 0.2) is 11.6 Å². The first-order chi connectivity index (χ1) is 9.44. The van der Waals surface area contributed by atoms with Crippen molar-refractivity contribution < 1.29 is 14.1 Å². The number of anilines is 1. The number of nitrogens with zero attached hydrogens (tertiary/aromatic N) is 3. The molecule has 20 heavy (non-hydrogen) atoms. The zero-order chi connectivity index (χ0) is 14.5. The monoisotopic (exact) mass is 281 g/mol. The van der Waals surface area contributed by atoms with Crippen LogP contribution in [0, 0.1) is 21.3 Å². The topological polar surface area (TPSA) is 58.8 Å². The Morgan fingerprint density at radius 1 is 1.35 bits per heavy atom. The molecule has 0 aliphatic carbocycles. The summed E-state index contributed by atoms with van der Waals surface area (Å²) in [7, 11) is 3.41. The van der Waals surface area contributed by atoms with E-state index < -0.39 is 10.7 Å². The molecule has 6 nitrogen and oxygen atoms in total. The van der Waals surface area contributed by atoms with Crippen molar-refractivity contribution in [3.8, 4) is 5.75 Å². The average Bonchev–Trinajstić information content (AvgIpc) is 2.32. The molecule has 3 rings (SSSR count). The largest absolute Gasteiger partial charge is 0.490 e. The van der Waals surface area contributed by atoms with Gasteiger partial charge in [-0.2, -0.15) is 0 Å². The third-order valence-corrected chi connectivity index (χ3v) is 4.05. The predicted molar refractivity (Wildman–Crippen MR) is 71.7 cm³/mol. The zero-order valence-corrected chi connectivity index (χ0v) is 11.4. The highest BCUT2D eigenvalue weighted by Crippen LogP contribution is 2.43. The number of benzene rings is 1. The maximum Gasteiger partial charge on any atom is 0.313 e.